The van der Waals surface area contributed by atoms with Gasteiger partial charge < -0.3 is 14.8 Å². The second-order valence-corrected chi connectivity index (χ2v) is 5.90. The molecular weight excluding hydrogens is 250 g/mol. The molecule has 0 spiro atoms. The number of likely N-dealkylation sites (N-methyl/N-ethyl adjacent to an activating group) is 1. The second-order valence-electron chi connectivity index (χ2n) is 5.90. The lowest BCUT2D eigenvalue weighted by atomic mass is 9.84. The zero-order valence-electron chi connectivity index (χ0n) is 13.4. The summed E-state index contributed by atoms with van der Waals surface area (Å²) in [6, 6.07) is 4.51. The maximum atomic E-state index is 5.97. The summed E-state index contributed by atoms with van der Waals surface area (Å²) < 4.78 is 11.6. The fraction of sp³-hybridized carbons (Fsp3) is 0.647. The van der Waals surface area contributed by atoms with E-state index in [9.17, 15) is 0 Å². The van der Waals surface area contributed by atoms with E-state index >= 15 is 0 Å². The van der Waals surface area contributed by atoms with E-state index in [0.29, 0.717) is 0 Å². The zero-order valence-corrected chi connectivity index (χ0v) is 13.4. The molecule has 1 saturated carbocycles. The Bertz CT molecular complexity index is 464. The van der Waals surface area contributed by atoms with Gasteiger partial charge in [0.15, 0.2) is 0 Å². The summed E-state index contributed by atoms with van der Waals surface area (Å²) in [5, 5.41) is 3.48. The summed E-state index contributed by atoms with van der Waals surface area (Å²) in [7, 11) is 5.60. The molecule has 1 aromatic rings. The lowest BCUT2D eigenvalue weighted by molar-refractivity contribution is -0.0355. The molecule has 1 aromatic carbocycles. The van der Waals surface area contributed by atoms with Crippen molar-refractivity contribution in [3.63, 3.8) is 0 Å². The molecule has 0 aromatic heterocycles. The van der Waals surface area contributed by atoms with Crippen LogP contribution in [0.25, 0.3) is 0 Å². The van der Waals surface area contributed by atoms with Crippen LogP contribution in [0.1, 0.15) is 48.4 Å². The summed E-state index contributed by atoms with van der Waals surface area (Å²) >= 11 is 0. The smallest absolute Gasteiger partial charge is 0.124 e. The van der Waals surface area contributed by atoms with Crippen molar-refractivity contribution in [3.05, 3.63) is 28.8 Å². The van der Waals surface area contributed by atoms with Gasteiger partial charge in [0.2, 0.25) is 0 Å². The van der Waals surface area contributed by atoms with Gasteiger partial charge in [-0.05, 0) is 50.9 Å². The van der Waals surface area contributed by atoms with Crippen molar-refractivity contribution in [2.75, 3.05) is 21.3 Å². The first-order chi connectivity index (χ1) is 9.57. The molecule has 2 rings (SSSR count). The zero-order chi connectivity index (χ0) is 14.8. The third-order valence-electron chi connectivity index (χ3n) is 4.67. The fourth-order valence-electron chi connectivity index (χ4n) is 3.73. The van der Waals surface area contributed by atoms with Gasteiger partial charge in [-0.15, -0.1) is 0 Å². The Kier molecular flexibility index (Phi) is 4.71. The number of nitrogens with one attached hydrogen (secondary N) is 1. The van der Waals surface area contributed by atoms with Gasteiger partial charge in [0.05, 0.1) is 18.8 Å². The van der Waals surface area contributed by atoms with E-state index in [2.05, 4.69) is 31.3 Å². The highest BCUT2D eigenvalue weighted by Gasteiger charge is 2.43. The van der Waals surface area contributed by atoms with Crippen molar-refractivity contribution in [3.8, 4) is 5.75 Å². The Labute approximate surface area is 122 Å². The molecule has 0 amide bonds. The number of hydrogen-bond acceptors (Lipinski definition) is 3. The highest BCUT2D eigenvalue weighted by atomic mass is 16.5. The predicted octanol–water partition coefficient (Wildman–Crippen LogP) is 3.53. The number of hydrogen-bond donors (Lipinski definition) is 1. The Morgan fingerprint density at radius 1 is 1.15 bits per heavy atom. The molecule has 20 heavy (non-hydrogen) atoms. The molecule has 3 heteroatoms. The first kappa shape index (κ1) is 15.3. The van der Waals surface area contributed by atoms with Crippen molar-refractivity contribution in [2.45, 2.75) is 51.2 Å². The molecule has 112 valence electrons. The Hall–Kier alpha value is -1.06. The molecule has 0 aliphatic heterocycles. The molecule has 1 fully saturated rings. The number of rotatable bonds is 5. The van der Waals surface area contributed by atoms with Crippen LogP contribution in [-0.4, -0.2) is 26.9 Å². The molecule has 0 saturated heterocycles. The van der Waals surface area contributed by atoms with E-state index in [-0.39, 0.29) is 11.6 Å². The van der Waals surface area contributed by atoms with E-state index in [0.717, 1.165) is 18.6 Å². The van der Waals surface area contributed by atoms with Crippen LogP contribution in [0.15, 0.2) is 12.1 Å². The minimum Gasteiger partial charge on any atom is -0.496 e. The van der Waals surface area contributed by atoms with Gasteiger partial charge in [0, 0.05) is 12.7 Å². The average Bonchev–Trinajstić information content (AvgIpc) is 2.91. The summed E-state index contributed by atoms with van der Waals surface area (Å²) in [5.41, 5.74) is 3.63. The number of methoxy groups -OCH3 is 2. The van der Waals surface area contributed by atoms with Crippen LogP contribution in [-0.2, 0) is 4.74 Å². The third kappa shape index (κ3) is 2.57. The van der Waals surface area contributed by atoms with E-state index in [1.54, 1.807) is 7.11 Å². The molecule has 0 radical (unpaired) electrons. The van der Waals surface area contributed by atoms with Crippen LogP contribution >= 0.6 is 0 Å². The standard InChI is InChI=1S/C17H27NO2/c1-12-10-13(2)15(14(11-12)19-4)16(18-3)17(20-5)8-6-7-9-17/h10-11,16,18H,6-9H2,1-5H3. The maximum absolute atomic E-state index is 5.97. The fourth-order valence-corrected chi connectivity index (χ4v) is 3.73. The van der Waals surface area contributed by atoms with Crippen LogP contribution in [0.2, 0.25) is 0 Å². The van der Waals surface area contributed by atoms with Gasteiger partial charge in [0.25, 0.3) is 0 Å². The Balaban J connectivity index is 2.51. The van der Waals surface area contributed by atoms with Crippen molar-refractivity contribution in [2.24, 2.45) is 0 Å². The summed E-state index contributed by atoms with van der Waals surface area (Å²) in [5.74, 6) is 0.963. The van der Waals surface area contributed by atoms with Crippen molar-refractivity contribution >= 4 is 0 Å². The SMILES string of the molecule is CNC(c1c(C)cc(C)cc1OC)C1(OC)CCCC1. The Morgan fingerprint density at radius 3 is 2.30 bits per heavy atom. The Morgan fingerprint density at radius 2 is 1.80 bits per heavy atom. The molecule has 1 aliphatic rings. The summed E-state index contributed by atoms with van der Waals surface area (Å²) in [6.07, 6.45) is 4.68. The van der Waals surface area contributed by atoms with Crippen LogP contribution in [0.3, 0.4) is 0 Å². The quantitative estimate of drug-likeness (QED) is 0.893. The largest absolute Gasteiger partial charge is 0.496 e. The van der Waals surface area contributed by atoms with Gasteiger partial charge in [0.1, 0.15) is 5.75 Å². The van der Waals surface area contributed by atoms with Crippen LogP contribution in [0, 0.1) is 13.8 Å². The number of aryl methyl sites for hydroxylation is 2. The van der Waals surface area contributed by atoms with Gasteiger partial charge in [-0.1, -0.05) is 18.9 Å². The normalized spacial score (nSPS) is 19.1. The molecule has 1 aliphatic carbocycles. The molecule has 3 nitrogen and oxygen atoms in total. The van der Waals surface area contributed by atoms with E-state index in [1.165, 1.54) is 29.5 Å². The minimum atomic E-state index is -0.109. The minimum absolute atomic E-state index is 0.109. The monoisotopic (exact) mass is 277 g/mol. The summed E-state index contributed by atoms with van der Waals surface area (Å²) in [6.45, 7) is 4.27. The lowest BCUT2D eigenvalue weighted by Crippen LogP contribution is -2.42. The lowest BCUT2D eigenvalue weighted by Gasteiger charge is -2.38. The van der Waals surface area contributed by atoms with Gasteiger partial charge >= 0.3 is 0 Å². The van der Waals surface area contributed by atoms with E-state index < -0.39 is 0 Å². The molecule has 1 atom stereocenters. The first-order valence-electron chi connectivity index (χ1n) is 7.45. The maximum Gasteiger partial charge on any atom is 0.124 e. The molecule has 1 unspecified atom stereocenters. The topological polar surface area (TPSA) is 30.5 Å². The summed E-state index contributed by atoms with van der Waals surface area (Å²) in [4.78, 5) is 0. The molecule has 1 N–H and O–H groups in total. The van der Waals surface area contributed by atoms with Crippen molar-refractivity contribution < 1.29 is 9.47 Å². The molecule has 0 bridgehead atoms. The van der Waals surface area contributed by atoms with Gasteiger partial charge in [-0.25, -0.2) is 0 Å². The highest BCUT2D eigenvalue weighted by Crippen LogP contribution is 2.45. The van der Waals surface area contributed by atoms with Crippen molar-refractivity contribution in [1.82, 2.24) is 5.32 Å². The van der Waals surface area contributed by atoms with E-state index in [1.807, 2.05) is 14.2 Å². The third-order valence-corrected chi connectivity index (χ3v) is 4.67. The van der Waals surface area contributed by atoms with Crippen LogP contribution < -0.4 is 10.1 Å². The van der Waals surface area contributed by atoms with Crippen molar-refractivity contribution in [1.29, 1.82) is 0 Å². The number of benzene rings is 1. The van der Waals surface area contributed by atoms with Crippen LogP contribution in [0.5, 0.6) is 5.75 Å². The highest BCUT2D eigenvalue weighted by molar-refractivity contribution is 5.46. The van der Waals surface area contributed by atoms with E-state index in [4.69, 9.17) is 9.47 Å². The number of ether oxygens (including phenoxy) is 2. The second kappa shape index (κ2) is 6.15. The van der Waals surface area contributed by atoms with Gasteiger partial charge in [-0.3, -0.25) is 0 Å². The molecule has 0 heterocycles. The average molecular weight is 277 g/mol. The van der Waals surface area contributed by atoms with Crippen LogP contribution in [0.4, 0.5) is 0 Å². The molecular formula is C17H27NO2. The van der Waals surface area contributed by atoms with Gasteiger partial charge in [-0.2, -0.15) is 0 Å². The first-order valence-corrected chi connectivity index (χ1v) is 7.45. The predicted molar refractivity (Wildman–Crippen MR) is 82.5 cm³/mol.